The van der Waals surface area contributed by atoms with Gasteiger partial charge in [-0.3, -0.25) is 14.5 Å². The third kappa shape index (κ3) is 3.27. The first kappa shape index (κ1) is 16.5. The summed E-state index contributed by atoms with van der Waals surface area (Å²) in [5.74, 6) is -0.522. The Bertz CT molecular complexity index is 772. The molecule has 0 bridgehead atoms. The van der Waals surface area contributed by atoms with Gasteiger partial charge in [0.05, 0.1) is 23.6 Å². The number of hydrogen-bond acceptors (Lipinski definition) is 4. The molecule has 1 aliphatic rings. The molecule has 0 aromatic heterocycles. The van der Waals surface area contributed by atoms with Crippen LogP contribution in [0.1, 0.15) is 5.56 Å². The van der Waals surface area contributed by atoms with Crippen molar-refractivity contribution in [3.8, 4) is 0 Å². The zero-order chi connectivity index (χ0) is 16.9. The molecule has 0 unspecified atom stereocenters. The largest absolute Gasteiger partial charge is 0.383 e. The number of rotatable bonds is 6. The Morgan fingerprint density at radius 1 is 0.917 bits per heavy atom. The molecule has 2 aromatic rings. The predicted octanol–water partition coefficient (Wildman–Crippen LogP) is 3.21. The molecule has 3 rings (SSSR count). The van der Waals surface area contributed by atoms with Crippen molar-refractivity contribution in [1.29, 1.82) is 0 Å². The molecule has 5 heteroatoms. The van der Waals surface area contributed by atoms with Gasteiger partial charge in [-0.05, 0) is 17.7 Å². The summed E-state index contributed by atoms with van der Waals surface area (Å²) in [5, 5.41) is 0. The minimum Gasteiger partial charge on any atom is -0.383 e. The van der Waals surface area contributed by atoms with Gasteiger partial charge in [-0.2, -0.15) is 0 Å². The molecule has 1 heterocycles. The second-order valence-corrected chi connectivity index (χ2v) is 6.32. The third-order valence-corrected chi connectivity index (χ3v) is 4.76. The number of ether oxygens (including phenoxy) is 1. The van der Waals surface area contributed by atoms with Gasteiger partial charge in [-0.25, -0.2) is 0 Å². The van der Waals surface area contributed by atoms with Gasteiger partial charge in [0.1, 0.15) is 0 Å². The molecular weight excluding hydrogens is 322 g/mol. The molecular formula is C19H17NO3S. The molecule has 122 valence electrons. The Balaban J connectivity index is 2.01. The van der Waals surface area contributed by atoms with Crippen molar-refractivity contribution < 1.29 is 14.3 Å². The Morgan fingerprint density at radius 2 is 1.54 bits per heavy atom. The average molecular weight is 339 g/mol. The fourth-order valence-electron chi connectivity index (χ4n) is 2.50. The highest BCUT2D eigenvalue weighted by Crippen LogP contribution is 2.39. The van der Waals surface area contributed by atoms with Gasteiger partial charge in [-0.15, -0.1) is 0 Å². The highest BCUT2D eigenvalue weighted by Gasteiger charge is 2.39. The van der Waals surface area contributed by atoms with Crippen molar-refractivity contribution in [3.63, 3.8) is 0 Å². The van der Waals surface area contributed by atoms with E-state index in [1.807, 2.05) is 60.7 Å². The van der Waals surface area contributed by atoms with Crippen molar-refractivity contribution in [2.75, 3.05) is 20.3 Å². The van der Waals surface area contributed by atoms with E-state index in [1.54, 1.807) is 7.11 Å². The molecule has 24 heavy (non-hydrogen) atoms. The number of hydrogen-bond donors (Lipinski definition) is 0. The maximum atomic E-state index is 12.8. The van der Waals surface area contributed by atoms with E-state index in [2.05, 4.69) is 0 Å². The summed E-state index contributed by atoms with van der Waals surface area (Å²) in [7, 11) is 1.55. The maximum Gasteiger partial charge on any atom is 0.268 e. The summed E-state index contributed by atoms with van der Waals surface area (Å²) in [4.78, 5) is 28.2. The van der Waals surface area contributed by atoms with Crippen molar-refractivity contribution in [2.24, 2.45) is 0 Å². The Labute approximate surface area is 145 Å². The van der Waals surface area contributed by atoms with Crippen molar-refractivity contribution >= 4 is 29.1 Å². The van der Waals surface area contributed by atoms with Crippen LogP contribution in [0.3, 0.4) is 0 Å². The first-order valence-corrected chi connectivity index (χ1v) is 8.41. The predicted molar refractivity (Wildman–Crippen MR) is 94.3 cm³/mol. The van der Waals surface area contributed by atoms with E-state index >= 15 is 0 Å². The number of nitrogens with zero attached hydrogens (tertiary/aromatic N) is 1. The topological polar surface area (TPSA) is 46.6 Å². The molecule has 0 spiro atoms. The maximum absolute atomic E-state index is 12.8. The molecule has 0 radical (unpaired) electrons. The number of benzene rings is 2. The molecule has 0 aliphatic carbocycles. The first-order valence-electron chi connectivity index (χ1n) is 7.60. The lowest BCUT2D eigenvalue weighted by molar-refractivity contribution is -0.137. The SMILES string of the molecule is COCCN1C(=O)C(Sc2ccccc2)=C(c2ccccc2)C1=O. The van der Waals surface area contributed by atoms with Crippen LogP contribution < -0.4 is 0 Å². The van der Waals surface area contributed by atoms with Gasteiger partial charge in [0.25, 0.3) is 11.8 Å². The first-order chi connectivity index (χ1) is 11.7. The van der Waals surface area contributed by atoms with Crippen LogP contribution in [0.25, 0.3) is 5.57 Å². The average Bonchev–Trinajstić information content (AvgIpc) is 2.85. The Hall–Kier alpha value is -2.37. The monoisotopic (exact) mass is 339 g/mol. The van der Waals surface area contributed by atoms with Crippen LogP contribution in [-0.2, 0) is 14.3 Å². The minimum absolute atomic E-state index is 0.253. The van der Waals surface area contributed by atoms with E-state index in [1.165, 1.54) is 16.7 Å². The second-order valence-electron chi connectivity index (χ2n) is 5.24. The van der Waals surface area contributed by atoms with Crippen molar-refractivity contribution in [3.05, 3.63) is 71.1 Å². The molecule has 2 amide bonds. The molecule has 0 saturated carbocycles. The highest BCUT2D eigenvalue weighted by molar-refractivity contribution is 8.04. The molecule has 0 fully saturated rings. The van der Waals surface area contributed by atoms with Crippen LogP contribution in [0, 0.1) is 0 Å². The lowest BCUT2D eigenvalue weighted by Gasteiger charge is -2.14. The molecule has 0 N–H and O–H groups in total. The number of amides is 2. The van der Waals surface area contributed by atoms with Crippen LogP contribution in [0.5, 0.6) is 0 Å². The summed E-state index contributed by atoms with van der Waals surface area (Å²) in [6.07, 6.45) is 0. The number of carbonyl (C=O) groups excluding carboxylic acids is 2. The van der Waals surface area contributed by atoms with Gasteiger partial charge in [-0.1, -0.05) is 60.3 Å². The van der Waals surface area contributed by atoms with E-state index in [-0.39, 0.29) is 18.4 Å². The zero-order valence-corrected chi connectivity index (χ0v) is 14.1. The Kier molecular flexibility index (Phi) is 5.13. The summed E-state index contributed by atoms with van der Waals surface area (Å²) < 4.78 is 5.02. The van der Waals surface area contributed by atoms with Crippen LogP contribution in [0.2, 0.25) is 0 Å². The Morgan fingerprint density at radius 3 is 2.17 bits per heavy atom. The van der Waals surface area contributed by atoms with E-state index < -0.39 is 0 Å². The van der Waals surface area contributed by atoms with Crippen molar-refractivity contribution in [2.45, 2.75) is 4.90 Å². The molecule has 2 aromatic carbocycles. The van der Waals surface area contributed by atoms with Crippen LogP contribution in [-0.4, -0.2) is 37.0 Å². The lowest BCUT2D eigenvalue weighted by atomic mass is 10.1. The number of thioether (sulfide) groups is 1. The molecule has 0 atom stereocenters. The van der Waals surface area contributed by atoms with Crippen LogP contribution >= 0.6 is 11.8 Å². The molecule has 1 aliphatic heterocycles. The third-order valence-electron chi connectivity index (χ3n) is 3.67. The van der Waals surface area contributed by atoms with Crippen LogP contribution in [0.4, 0.5) is 0 Å². The minimum atomic E-state index is -0.262. The van der Waals surface area contributed by atoms with Gasteiger partial charge < -0.3 is 4.74 Å². The van der Waals surface area contributed by atoms with Gasteiger partial charge in [0.15, 0.2) is 0 Å². The molecule has 0 saturated heterocycles. The normalized spacial score (nSPS) is 14.6. The summed E-state index contributed by atoms with van der Waals surface area (Å²) in [5.41, 5.74) is 1.22. The number of imide groups is 1. The quantitative estimate of drug-likeness (QED) is 0.758. The summed E-state index contributed by atoms with van der Waals surface area (Å²) in [6.45, 7) is 0.576. The lowest BCUT2D eigenvalue weighted by Crippen LogP contribution is -2.34. The van der Waals surface area contributed by atoms with Crippen molar-refractivity contribution in [1.82, 2.24) is 4.90 Å². The second kappa shape index (κ2) is 7.47. The number of methoxy groups -OCH3 is 1. The van der Waals surface area contributed by atoms with Gasteiger partial charge in [0, 0.05) is 12.0 Å². The number of carbonyl (C=O) groups is 2. The van der Waals surface area contributed by atoms with E-state index in [4.69, 9.17) is 4.74 Å². The zero-order valence-electron chi connectivity index (χ0n) is 13.3. The van der Waals surface area contributed by atoms with E-state index in [0.29, 0.717) is 17.1 Å². The van der Waals surface area contributed by atoms with Gasteiger partial charge >= 0.3 is 0 Å². The standard InChI is InChI=1S/C19H17NO3S/c1-23-13-12-20-18(21)16(14-8-4-2-5-9-14)17(19(20)22)24-15-10-6-3-7-11-15/h2-11H,12-13H2,1H3. The highest BCUT2D eigenvalue weighted by atomic mass is 32.2. The van der Waals surface area contributed by atoms with E-state index in [9.17, 15) is 9.59 Å². The fraction of sp³-hybridized carbons (Fsp3) is 0.158. The fourth-order valence-corrected chi connectivity index (χ4v) is 3.53. The summed E-state index contributed by atoms with van der Waals surface area (Å²) >= 11 is 1.33. The summed E-state index contributed by atoms with van der Waals surface area (Å²) in [6, 6.07) is 18.9. The smallest absolute Gasteiger partial charge is 0.268 e. The van der Waals surface area contributed by atoms with E-state index in [0.717, 1.165) is 10.5 Å². The van der Waals surface area contributed by atoms with Gasteiger partial charge in [0.2, 0.25) is 0 Å². The van der Waals surface area contributed by atoms with Crippen LogP contribution in [0.15, 0.2) is 70.5 Å². The molecule has 4 nitrogen and oxygen atoms in total.